The lowest BCUT2D eigenvalue weighted by Crippen LogP contribution is -2.02. The lowest BCUT2D eigenvalue weighted by Gasteiger charge is -2.09. The van der Waals surface area contributed by atoms with Crippen molar-refractivity contribution in [3.8, 4) is 0 Å². The predicted octanol–water partition coefficient (Wildman–Crippen LogP) is 3.99. The van der Waals surface area contributed by atoms with Gasteiger partial charge in [-0.05, 0) is 31.0 Å². The van der Waals surface area contributed by atoms with Gasteiger partial charge in [0.2, 0.25) is 0 Å². The van der Waals surface area contributed by atoms with Crippen molar-refractivity contribution >= 4 is 40.5 Å². The number of anilines is 3. The van der Waals surface area contributed by atoms with Gasteiger partial charge in [-0.15, -0.1) is 0 Å². The van der Waals surface area contributed by atoms with E-state index in [0.29, 0.717) is 27.6 Å². The van der Waals surface area contributed by atoms with E-state index in [2.05, 4.69) is 15.3 Å². The molecule has 3 N–H and O–H groups in total. The Labute approximate surface area is 121 Å². The first-order valence-corrected chi connectivity index (χ1v) is 6.74. The molecule has 1 aliphatic rings. The van der Waals surface area contributed by atoms with Crippen LogP contribution in [0.3, 0.4) is 0 Å². The van der Waals surface area contributed by atoms with E-state index < -0.39 is 0 Å². The van der Waals surface area contributed by atoms with E-state index in [0.717, 1.165) is 24.4 Å². The van der Waals surface area contributed by atoms with Gasteiger partial charge in [-0.2, -0.15) is 0 Å². The Bertz CT molecular complexity index is 626. The van der Waals surface area contributed by atoms with Gasteiger partial charge in [-0.3, -0.25) is 0 Å². The normalized spacial score (nSPS) is 14.4. The Morgan fingerprint density at radius 3 is 2.63 bits per heavy atom. The van der Waals surface area contributed by atoms with E-state index in [4.69, 9.17) is 28.9 Å². The largest absolute Gasteiger partial charge is 0.384 e. The predicted molar refractivity (Wildman–Crippen MR) is 78.2 cm³/mol. The van der Waals surface area contributed by atoms with E-state index >= 15 is 0 Å². The molecule has 6 heteroatoms. The van der Waals surface area contributed by atoms with E-state index in [1.54, 1.807) is 24.3 Å². The minimum Gasteiger partial charge on any atom is -0.384 e. The number of nitrogens with zero attached hydrogens (tertiary/aromatic N) is 2. The number of rotatable bonds is 3. The third-order valence-corrected chi connectivity index (χ3v) is 3.45. The lowest BCUT2D eigenvalue weighted by molar-refractivity contribution is 0.936. The maximum absolute atomic E-state index is 6.11. The molecular weight excluding hydrogens is 283 g/mol. The van der Waals surface area contributed by atoms with Gasteiger partial charge in [0, 0.05) is 17.0 Å². The van der Waals surface area contributed by atoms with Gasteiger partial charge >= 0.3 is 0 Å². The first-order valence-electron chi connectivity index (χ1n) is 5.98. The Kier molecular flexibility index (Phi) is 3.21. The van der Waals surface area contributed by atoms with Crippen LogP contribution in [0.1, 0.15) is 24.6 Å². The van der Waals surface area contributed by atoms with E-state index in [1.165, 1.54) is 0 Å². The lowest BCUT2D eigenvalue weighted by atomic mass is 10.3. The first kappa shape index (κ1) is 12.5. The average molecular weight is 295 g/mol. The third kappa shape index (κ3) is 2.91. The van der Waals surface area contributed by atoms with E-state index in [9.17, 15) is 0 Å². The van der Waals surface area contributed by atoms with Crippen molar-refractivity contribution in [3.05, 3.63) is 40.1 Å². The number of aromatic nitrogens is 2. The summed E-state index contributed by atoms with van der Waals surface area (Å²) < 4.78 is 0. The van der Waals surface area contributed by atoms with Crippen LogP contribution in [0, 0.1) is 0 Å². The molecule has 2 aromatic rings. The molecule has 0 bridgehead atoms. The summed E-state index contributed by atoms with van der Waals surface area (Å²) in [4.78, 5) is 8.71. The van der Waals surface area contributed by atoms with Gasteiger partial charge in [-0.1, -0.05) is 23.2 Å². The van der Waals surface area contributed by atoms with Crippen LogP contribution >= 0.6 is 23.2 Å². The van der Waals surface area contributed by atoms with Crippen molar-refractivity contribution in [1.29, 1.82) is 0 Å². The summed E-state index contributed by atoms with van der Waals surface area (Å²) >= 11 is 12.0. The van der Waals surface area contributed by atoms with Crippen molar-refractivity contribution in [2.45, 2.75) is 18.8 Å². The van der Waals surface area contributed by atoms with E-state index in [1.807, 2.05) is 0 Å². The molecule has 1 aliphatic carbocycles. The van der Waals surface area contributed by atoms with Crippen LogP contribution in [0.5, 0.6) is 0 Å². The molecule has 1 fully saturated rings. The highest BCUT2D eigenvalue weighted by Gasteiger charge is 2.27. The highest BCUT2D eigenvalue weighted by atomic mass is 35.5. The van der Waals surface area contributed by atoms with Crippen LogP contribution in [0.25, 0.3) is 0 Å². The summed E-state index contributed by atoms with van der Waals surface area (Å²) in [6.45, 7) is 0. The molecule has 98 valence electrons. The number of nitrogen functional groups attached to an aromatic ring is 1. The minimum atomic E-state index is 0.449. The van der Waals surface area contributed by atoms with Gasteiger partial charge in [0.25, 0.3) is 0 Å². The Hall–Kier alpha value is -1.52. The van der Waals surface area contributed by atoms with Crippen molar-refractivity contribution in [2.24, 2.45) is 0 Å². The topological polar surface area (TPSA) is 63.8 Å². The van der Waals surface area contributed by atoms with Crippen LogP contribution in [0.15, 0.2) is 24.3 Å². The second-order valence-electron chi connectivity index (χ2n) is 4.56. The average Bonchev–Trinajstić information content (AvgIpc) is 3.16. The van der Waals surface area contributed by atoms with Crippen molar-refractivity contribution in [3.63, 3.8) is 0 Å². The monoisotopic (exact) mass is 294 g/mol. The fourth-order valence-electron chi connectivity index (χ4n) is 1.80. The zero-order valence-corrected chi connectivity index (χ0v) is 11.5. The number of benzene rings is 1. The molecule has 0 spiro atoms. The standard InChI is InChI=1S/C13H12Cl2N4/c14-8-3-4-10(9(15)5-8)17-12-6-11(16)18-13(19-12)7-1-2-7/h3-7H,1-2H2,(H3,16,17,18,19). The summed E-state index contributed by atoms with van der Waals surface area (Å²) in [5.74, 6) is 2.36. The highest BCUT2D eigenvalue weighted by Crippen LogP contribution is 2.39. The summed E-state index contributed by atoms with van der Waals surface area (Å²) in [5.41, 5.74) is 6.54. The fourth-order valence-corrected chi connectivity index (χ4v) is 2.26. The number of nitrogens with one attached hydrogen (secondary N) is 1. The van der Waals surface area contributed by atoms with Crippen molar-refractivity contribution in [2.75, 3.05) is 11.1 Å². The van der Waals surface area contributed by atoms with Crippen molar-refractivity contribution < 1.29 is 0 Å². The molecule has 0 amide bonds. The summed E-state index contributed by atoms with van der Waals surface area (Å²) in [6, 6.07) is 6.94. The van der Waals surface area contributed by atoms with Gasteiger partial charge in [0.15, 0.2) is 0 Å². The van der Waals surface area contributed by atoms with Crippen LogP contribution < -0.4 is 11.1 Å². The second kappa shape index (κ2) is 4.87. The first-order chi connectivity index (χ1) is 9.11. The molecule has 0 aliphatic heterocycles. The van der Waals surface area contributed by atoms with Crippen molar-refractivity contribution in [1.82, 2.24) is 9.97 Å². The van der Waals surface area contributed by atoms with Gasteiger partial charge in [0.05, 0.1) is 10.7 Å². The summed E-state index contributed by atoms with van der Waals surface area (Å²) in [7, 11) is 0. The molecule has 1 aromatic carbocycles. The Morgan fingerprint density at radius 2 is 1.95 bits per heavy atom. The minimum absolute atomic E-state index is 0.449. The maximum atomic E-state index is 6.11. The number of nitrogens with two attached hydrogens (primary N) is 1. The molecule has 0 unspecified atom stereocenters. The van der Waals surface area contributed by atoms with Crippen LogP contribution in [0.2, 0.25) is 10.0 Å². The SMILES string of the molecule is Nc1cc(Nc2ccc(Cl)cc2Cl)nc(C2CC2)n1. The molecule has 1 saturated carbocycles. The molecule has 1 heterocycles. The highest BCUT2D eigenvalue weighted by molar-refractivity contribution is 6.36. The number of hydrogen-bond acceptors (Lipinski definition) is 4. The van der Waals surface area contributed by atoms with Crippen LogP contribution in [0.4, 0.5) is 17.3 Å². The van der Waals surface area contributed by atoms with Crippen LogP contribution in [-0.4, -0.2) is 9.97 Å². The molecule has 19 heavy (non-hydrogen) atoms. The third-order valence-electron chi connectivity index (χ3n) is 2.90. The fraction of sp³-hybridized carbons (Fsp3) is 0.231. The molecule has 0 atom stereocenters. The zero-order valence-electron chi connectivity index (χ0n) is 10.0. The number of hydrogen-bond donors (Lipinski definition) is 2. The molecule has 0 saturated heterocycles. The van der Waals surface area contributed by atoms with Gasteiger partial charge in [0.1, 0.15) is 17.5 Å². The summed E-state index contributed by atoms with van der Waals surface area (Å²) in [6.07, 6.45) is 2.26. The molecule has 4 nitrogen and oxygen atoms in total. The molecular formula is C13H12Cl2N4. The van der Waals surface area contributed by atoms with Gasteiger partial charge in [-0.25, -0.2) is 9.97 Å². The van der Waals surface area contributed by atoms with Gasteiger partial charge < -0.3 is 11.1 Å². The smallest absolute Gasteiger partial charge is 0.136 e. The molecule has 1 aromatic heterocycles. The summed E-state index contributed by atoms with van der Waals surface area (Å²) in [5, 5.41) is 4.27. The molecule has 0 radical (unpaired) electrons. The quantitative estimate of drug-likeness (QED) is 0.898. The number of halogens is 2. The Morgan fingerprint density at radius 1 is 1.16 bits per heavy atom. The Balaban J connectivity index is 1.89. The molecule has 3 rings (SSSR count). The van der Waals surface area contributed by atoms with E-state index in [-0.39, 0.29) is 0 Å². The van der Waals surface area contributed by atoms with Crippen LogP contribution in [-0.2, 0) is 0 Å². The second-order valence-corrected chi connectivity index (χ2v) is 5.40. The zero-order chi connectivity index (χ0) is 13.4. The maximum Gasteiger partial charge on any atom is 0.136 e.